The number of hydrogen-bond donors (Lipinski definition) is 2. The van der Waals surface area contributed by atoms with Gasteiger partial charge in [0.1, 0.15) is 6.54 Å². The summed E-state index contributed by atoms with van der Waals surface area (Å²) in [6, 6.07) is 14.5. The summed E-state index contributed by atoms with van der Waals surface area (Å²) in [5.41, 5.74) is 3.00. The monoisotopic (exact) mass is 298 g/mol. The van der Waals surface area contributed by atoms with E-state index in [1.165, 1.54) is 7.11 Å². The number of amides is 1. The molecule has 0 spiro atoms. The molecule has 1 amide bonds. The van der Waals surface area contributed by atoms with Gasteiger partial charge in [0.15, 0.2) is 0 Å². The molecule has 0 heterocycles. The minimum absolute atomic E-state index is 0.0768. The maximum Gasteiger partial charge on any atom is 0.325 e. The van der Waals surface area contributed by atoms with Gasteiger partial charge >= 0.3 is 5.97 Å². The molecule has 114 valence electrons. The smallest absolute Gasteiger partial charge is 0.325 e. The number of rotatable bonds is 5. The lowest BCUT2D eigenvalue weighted by Gasteiger charge is -2.11. The lowest BCUT2D eigenvalue weighted by atomic mass is 10.1. The summed E-state index contributed by atoms with van der Waals surface area (Å²) in [5.74, 6) is -0.526. The molecule has 0 atom stereocenters. The van der Waals surface area contributed by atoms with Gasteiger partial charge in [0, 0.05) is 16.9 Å². The molecule has 22 heavy (non-hydrogen) atoms. The number of nitrogens with one attached hydrogen (secondary N) is 2. The van der Waals surface area contributed by atoms with Crippen molar-refractivity contribution >= 4 is 23.3 Å². The highest BCUT2D eigenvalue weighted by atomic mass is 16.5. The molecular weight excluding hydrogens is 280 g/mol. The average Bonchev–Trinajstić information content (AvgIpc) is 2.55. The van der Waals surface area contributed by atoms with Crippen molar-refractivity contribution in [3.63, 3.8) is 0 Å². The second kappa shape index (κ2) is 7.26. The van der Waals surface area contributed by atoms with Crippen LogP contribution < -0.4 is 10.6 Å². The van der Waals surface area contributed by atoms with Crippen molar-refractivity contribution in [3.05, 3.63) is 59.7 Å². The van der Waals surface area contributed by atoms with Crippen LogP contribution in [0.4, 0.5) is 11.4 Å². The van der Waals surface area contributed by atoms with Gasteiger partial charge < -0.3 is 15.4 Å². The van der Waals surface area contributed by atoms with Crippen LogP contribution in [0.25, 0.3) is 0 Å². The molecule has 5 heteroatoms. The molecule has 2 N–H and O–H groups in total. The van der Waals surface area contributed by atoms with Gasteiger partial charge in [-0.25, -0.2) is 0 Å². The standard InChI is InChI=1S/C17H18N2O3/c1-12-8-9-14(10-15(12)18-11-16(20)22-2)19-17(21)13-6-4-3-5-7-13/h3-10,18H,11H2,1-2H3,(H,19,21). The zero-order chi connectivity index (χ0) is 15.9. The van der Waals surface area contributed by atoms with Crippen molar-refractivity contribution in [2.24, 2.45) is 0 Å². The summed E-state index contributed by atoms with van der Waals surface area (Å²) in [4.78, 5) is 23.3. The van der Waals surface area contributed by atoms with E-state index in [2.05, 4.69) is 15.4 Å². The van der Waals surface area contributed by atoms with Crippen LogP contribution in [0.3, 0.4) is 0 Å². The molecule has 0 aliphatic carbocycles. The third-order valence-electron chi connectivity index (χ3n) is 3.18. The first-order chi connectivity index (χ1) is 10.6. The number of anilines is 2. The van der Waals surface area contributed by atoms with E-state index in [1.54, 1.807) is 18.2 Å². The Kier molecular flexibility index (Phi) is 5.14. The fourth-order valence-electron chi connectivity index (χ4n) is 1.92. The van der Waals surface area contributed by atoms with Gasteiger partial charge in [-0.15, -0.1) is 0 Å². The highest BCUT2D eigenvalue weighted by Gasteiger charge is 2.07. The SMILES string of the molecule is COC(=O)CNc1cc(NC(=O)c2ccccc2)ccc1C. The van der Waals surface area contributed by atoms with Crippen LogP contribution in [0.5, 0.6) is 0 Å². The van der Waals surface area contributed by atoms with Crippen molar-refractivity contribution in [1.29, 1.82) is 0 Å². The maximum atomic E-state index is 12.1. The number of ether oxygens (including phenoxy) is 1. The zero-order valence-electron chi connectivity index (χ0n) is 12.6. The van der Waals surface area contributed by atoms with E-state index in [0.29, 0.717) is 11.3 Å². The van der Waals surface area contributed by atoms with Crippen LogP contribution in [0.15, 0.2) is 48.5 Å². The molecule has 0 saturated carbocycles. The highest BCUT2D eigenvalue weighted by molar-refractivity contribution is 6.04. The van der Waals surface area contributed by atoms with Crippen LogP contribution in [-0.2, 0) is 9.53 Å². The molecular formula is C17H18N2O3. The second-order valence-electron chi connectivity index (χ2n) is 4.78. The van der Waals surface area contributed by atoms with Crippen LogP contribution in [0, 0.1) is 6.92 Å². The van der Waals surface area contributed by atoms with Gasteiger partial charge in [-0.1, -0.05) is 24.3 Å². The molecule has 2 rings (SSSR count). The Labute approximate surface area is 129 Å². The molecule has 0 bridgehead atoms. The molecule has 0 unspecified atom stereocenters. The fourth-order valence-corrected chi connectivity index (χ4v) is 1.92. The second-order valence-corrected chi connectivity index (χ2v) is 4.78. The van der Waals surface area contributed by atoms with Crippen LogP contribution >= 0.6 is 0 Å². The minimum atomic E-state index is -0.349. The molecule has 0 aromatic heterocycles. The predicted molar refractivity (Wildman–Crippen MR) is 86.1 cm³/mol. The molecule has 0 radical (unpaired) electrons. The Hall–Kier alpha value is -2.82. The number of methoxy groups -OCH3 is 1. The van der Waals surface area contributed by atoms with Crippen LogP contribution in [-0.4, -0.2) is 25.5 Å². The number of carbonyl (C=O) groups is 2. The van der Waals surface area contributed by atoms with Crippen molar-refractivity contribution in [3.8, 4) is 0 Å². The predicted octanol–water partition coefficient (Wildman–Crippen LogP) is 2.83. The molecule has 0 aliphatic rings. The summed E-state index contributed by atoms with van der Waals surface area (Å²) in [6.07, 6.45) is 0. The zero-order valence-corrected chi connectivity index (χ0v) is 12.6. The van der Waals surface area contributed by atoms with E-state index in [4.69, 9.17) is 0 Å². The summed E-state index contributed by atoms with van der Waals surface area (Å²) >= 11 is 0. The summed E-state index contributed by atoms with van der Waals surface area (Å²) in [5, 5.41) is 5.82. The van der Waals surface area contributed by atoms with E-state index >= 15 is 0 Å². The lowest BCUT2D eigenvalue weighted by molar-refractivity contribution is -0.138. The molecule has 5 nitrogen and oxygen atoms in total. The van der Waals surface area contributed by atoms with E-state index in [1.807, 2.05) is 37.3 Å². The summed E-state index contributed by atoms with van der Waals surface area (Å²) in [6.45, 7) is 2.00. The molecule has 2 aromatic rings. The van der Waals surface area contributed by atoms with Crippen molar-refractivity contribution in [1.82, 2.24) is 0 Å². The number of aryl methyl sites for hydroxylation is 1. The molecule has 0 fully saturated rings. The average molecular weight is 298 g/mol. The van der Waals surface area contributed by atoms with Gasteiger partial charge in [-0.05, 0) is 36.8 Å². The van der Waals surface area contributed by atoms with Gasteiger partial charge in [0.25, 0.3) is 5.91 Å². The number of carbonyl (C=O) groups excluding carboxylic acids is 2. The molecule has 0 aliphatic heterocycles. The van der Waals surface area contributed by atoms with Crippen molar-refractivity contribution < 1.29 is 14.3 Å². The van der Waals surface area contributed by atoms with E-state index in [0.717, 1.165) is 11.3 Å². The van der Waals surface area contributed by atoms with Crippen molar-refractivity contribution in [2.45, 2.75) is 6.92 Å². The Bertz CT molecular complexity index is 669. The Morgan fingerprint density at radius 3 is 2.50 bits per heavy atom. The van der Waals surface area contributed by atoms with E-state index in [9.17, 15) is 9.59 Å². The number of esters is 1. The molecule has 2 aromatic carbocycles. The summed E-state index contributed by atoms with van der Waals surface area (Å²) in [7, 11) is 1.34. The van der Waals surface area contributed by atoms with Gasteiger partial charge in [-0.3, -0.25) is 9.59 Å². The fraction of sp³-hybridized carbons (Fsp3) is 0.176. The van der Waals surface area contributed by atoms with E-state index < -0.39 is 0 Å². The van der Waals surface area contributed by atoms with Crippen molar-refractivity contribution in [2.75, 3.05) is 24.3 Å². The molecule has 0 saturated heterocycles. The Morgan fingerprint density at radius 1 is 1.09 bits per heavy atom. The Morgan fingerprint density at radius 2 is 1.82 bits per heavy atom. The first kappa shape index (κ1) is 15.6. The lowest BCUT2D eigenvalue weighted by Crippen LogP contribution is -2.16. The number of benzene rings is 2. The van der Waals surface area contributed by atoms with Gasteiger partial charge in [0.2, 0.25) is 0 Å². The third kappa shape index (κ3) is 4.09. The first-order valence-electron chi connectivity index (χ1n) is 6.88. The topological polar surface area (TPSA) is 67.4 Å². The van der Waals surface area contributed by atoms with Crippen LogP contribution in [0.1, 0.15) is 15.9 Å². The van der Waals surface area contributed by atoms with E-state index in [-0.39, 0.29) is 18.4 Å². The normalized spacial score (nSPS) is 9.91. The first-order valence-corrected chi connectivity index (χ1v) is 6.88. The number of hydrogen-bond acceptors (Lipinski definition) is 4. The van der Waals surface area contributed by atoms with Crippen LogP contribution in [0.2, 0.25) is 0 Å². The minimum Gasteiger partial charge on any atom is -0.468 e. The van der Waals surface area contributed by atoms with Gasteiger partial charge in [-0.2, -0.15) is 0 Å². The maximum absolute atomic E-state index is 12.1. The largest absolute Gasteiger partial charge is 0.468 e. The summed E-state index contributed by atoms with van der Waals surface area (Å²) < 4.78 is 4.59. The third-order valence-corrected chi connectivity index (χ3v) is 3.18. The highest BCUT2D eigenvalue weighted by Crippen LogP contribution is 2.20. The van der Waals surface area contributed by atoms with Gasteiger partial charge in [0.05, 0.1) is 7.11 Å². The Balaban J connectivity index is 2.09. The quantitative estimate of drug-likeness (QED) is 0.833.